The minimum Gasteiger partial charge on any atom is -0.508 e. The number of thioether (sulfide) groups is 1. The summed E-state index contributed by atoms with van der Waals surface area (Å²) in [6, 6.07) is 4.68. The van der Waals surface area contributed by atoms with Gasteiger partial charge in [0.05, 0.1) is 5.04 Å². The highest BCUT2D eigenvalue weighted by molar-refractivity contribution is 8.15. The molecule has 1 atom stereocenters. The predicted molar refractivity (Wildman–Crippen MR) is 77.1 cm³/mol. The Morgan fingerprint density at radius 3 is 2.74 bits per heavy atom. The quantitative estimate of drug-likeness (QED) is 0.892. The van der Waals surface area contributed by atoms with Gasteiger partial charge in [-0.05, 0) is 26.8 Å². The van der Waals surface area contributed by atoms with E-state index in [0.29, 0.717) is 6.42 Å². The zero-order chi connectivity index (χ0) is 14.2. The fraction of sp³-hybridized carbons (Fsp3) is 0.429. The number of aliphatic carboxylic acids is 1. The van der Waals surface area contributed by atoms with Crippen LogP contribution in [0.15, 0.2) is 23.2 Å². The van der Waals surface area contributed by atoms with E-state index < -0.39 is 16.8 Å². The van der Waals surface area contributed by atoms with Gasteiger partial charge in [-0.3, -0.25) is 4.99 Å². The van der Waals surface area contributed by atoms with Gasteiger partial charge in [-0.15, -0.1) is 11.8 Å². The van der Waals surface area contributed by atoms with Crippen molar-refractivity contribution in [3.05, 3.63) is 29.3 Å². The van der Waals surface area contributed by atoms with E-state index in [1.54, 1.807) is 6.07 Å². The molecule has 0 unspecified atom stereocenters. The van der Waals surface area contributed by atoms with Crippen LogP contribution < -0.4 is 0 Å². The van der Waals surface area contributed by atoms with Crippen LogP contribution in [0.25, 0.3) is 0 Å². The number of phenols is 1. The molecule has 0 spiro atoms. The van der Waals surface area contributed by atoms with Crippen LogP contribution in [0, 0.1) is 6.92 Å². The molecule has 0 radical (unpaired) electrons. The maximum atomic E-state index is 11.2. The molecule has 1 aromatic carbocycles. The van der Waals surface area contributed by atoms with Crippen LogP contribution in [-0.2, 0) is 11.2 Å². The van der Waals surface area contributed by atoms with Crippen LogP contribution >= 0.6 is 11.8 Å². The molecule has 0 aromatic heterocycles. The molecule has 1 aromatic rings. The van der Waals surface area contributed by atoms with Crippen molar-refractivity contribution in [2.75, 3.05) is 0 Å². The summed E-state index contributed by atoms with van der Waals surface area (Å²) >= 11 is 1.47. The van der Waals surface area contributed by atoms with Crippen molar-refractivity contribution in [1.29, 1.82) is 0 Å². The number of rotatable bonds is 3. The molecular formula is C14H17NO3S. The number of hydrogen-bond donors (Lipinski definition) is 2. The lowest BCUT2D eigenvalue weighted by molar-refractivity contribution is -0.138. The van der Waals surface area contributed by atoms with Gasteiger partial charge in [0.2, 0.25) is 0 Å². The summed E-state index contributed by atoms with van der Waals surface area (Å²) in [5.41, 5.74) is 1.85. The number of aromatic hydroxyl groups is 1. The lowest BCUT2D eigenvalue weighted by Gasteiger charge is -2.20. The number of benzene rings is 1. The molecule has 0 fully saturated rings. The minimum absolute atomic E-state index is 0.227. The number of carboxylic acid groups (broad SMARTS) is 1. The Hall–Kier alpha value is -1.49. The molecule has 2 N–H and O–H groups in total. The third kappa shape index (κ3) is 2.92. The molecule has 1 heterocycles. The van der Waals surface area contributed by atoms with Crippen molar-refractivity contribution in [2.24, 2.45) is 4.99 Å². The SMILES string of the molecule is Cc1ccc(O)c(CC2=N[C@@H](C(=O)O)C(C)(C)S2)c1. The first-order valence-electron chi connectivity index (χ1n) is 6.06. The Bertz CT molecular complexity index is 552. The van der Waals surface area contributed by atoms with Crippen molar-refractivity contribution in [3.63, 3.8) is 0 Å². The lowest BCUT2D eigenvalue weighted by atomic mass is 10.0. The summed E-state index contributed by atoms with van der Waals surface area (Å²) < 4.78 is -0.444. The lowest BCUT2D eigenvalue weighted by Crippen LogP contribution is -2.34. The number of aryl methyl sites for hydroxylation is 1. The van der Waals surface area contributed by atoms with Gasteiger partial charge >= 0.3 is 5.97 Å². The minimum atomic E-state index is -0.902. The van der Waals surface area contributed by atoms with E-state index in [1.165, 1.54) is 11.8 Å². The van der Waals surface area contributed by atoms with Gasteiger partial charge in [0, 0.05) is 16.7 Å². The number of hydrogen-bond acceptors (Lipinski definition) is 4. The summed E-state index contributed by atoms with van der Waals surface area (Å²) in [7, 11) is 0. The highest BCUT2D eigenvalue weighted by atomic mass is 32.2. The third-order valence-corrected chi connectivity index (χ3v) is 4.36. The Balaban J connectivity index is 2.23. The molecule has 0 bridgehead atoms. The molecule has 2 rings (SSSR count). The van der Waals surface area contributed by atoms with E-state index in [9.17, 15) is 9.90 Å². The number of phenolic OH excluding ortho intramolecular Hbond substituents is 1. The first-order chi connectivity index (χ1) is 8.79. The monoisotopic (exact) mass is 279 g/mol. The molecule has 5 heteroatoms. The Labute approximate surface area is 116 Å². The highest BCUT2D eigenvalue weighted by Gasteiger charge is 2.42. The molecule has 1 aliphatic heterocycles. The van der Waals surface area contributed by atoms with Gasteiger partial charge in [0.25, 0.3) is 0 Å². The maximum Gasteiger partial charge on any atom is 0.329 e. The predicted octanol–water partition coefficient (Wildman–Crippen LogP) is 2.62. The summed E-state index contributed by atoms with van der Waals surface area (Å²) in [6.07, 6.45) is 0.478. The van der Waals surface area contributed by atoms with E-state index in [4.69, 9.17) is 5.11 Å². The number of carbonyl (C=O) groups is 1. The largest absolute Gasteiger partial charge is 0.508 e. The van der Waals surface area contributed by atoms with E-state index in [0.717, 1.165) is 16.2 Å². The van der Waals surface area contributed by atoms with E-state index in [1.807, 2.05) is 32.9 Å². The normalized spacial score (nSPS) is 21.2. The molecule has 102 valence electrons. The summed E-state index contributed by atoms with van der Waals surface area (Å²) in [4.78, 5) is 15.4. The first kappa shape index (κ1) is 13.9. The molecule has 4 nitrogen and oxygen atoms in total. The zero-order valence-corrected chi connectivity index (χ0v) is 12.0. The Morgan fingerprint density at radius 1 is 1.47 bits per heavy atom. The second-order valence-electron chi connectivity index (χ2n) is 5.28. The van der Waals surface area contributed by atoms with E-state index in [2.05, 4.69) is 4.99 Å². The summed E-state index contributed by atoms with van der Waals surface area (Å²) in [6.45, 7) is 5.71. The van der Waals surface area contributed by atoms with Crippen molar-refractivity contribution < 1.29 is 15.0 Å². The number of aliphatic imine (C=N–C) groups is 1. The Morgan fingerprint density at radius 2 is 2.16 bits per heavy atom. The van der Waals surface area contributed by atoms with Crippen molar-refractivity contribution in [2.45, 2.75) is 38.0 Å². The molecule has 0 saturated heterocycles. The highest BCUT2D eigenvalue weighted by Crippen LogP contribution is 2.39. The molecular weight excluding hydrogens is 262 g/mol. The van der Waals surface area contributed by atoms with Gasteiger partial charge in [-0.2, -0.15) is 0 Å². The topological polar surface area (TPSA) is 69.9 Å². The average molecular weight is 279 g/mol. The van der Waals surface area contributed by atoms with E-state index in [-0.39, 0.29) is 5.75 Å². The van der Waals surface area contributed by atoms with Crippen molar-refractivity contribution in [3.8, 4) is 5.75 Å². The van der Waals surface area contributed by atoms with Crippen LogP contribution in [-0.4, -0.2) is 32.0 Å². The maximum absolute atomic E-state index is 11.2. The van der Waals surface area contributed by atoms with Crippen LogP contribution in [0.4, 0.5) is 0 Å². The fourth-order valence-corrected chi connectivity index (χ4v) is 3.40. The third-order valence-electron chi connectivity index (χ3n) is 3.12. The summed E-state index contributed by atoms with van der Waals surface area (Å²) in [5, 5.41) is 19.7. The van der Waals surface area contributed by atoms with Crippen LogP contribution in [0.3, 0.4) is 0 Å². The van der Waals surface area contributed by atoms with Gasteiger partial charge < -0.3 is 10.2 Å². The second-order valence-corrected chi connectivity index (χ2v) is 7.01. The molecule has 19 heavy (non-hydrogen) atoms. The standard InChI is InChI=1S/C14H17NO3S/c1-8-4-5-10(16)9(6-8)7-11-15-12(13(17)18)14(2,3)19-11/h4-6,12,16H,7H2,1-3H3,(H,17,18)/t12-/m0/s1. The Kier molecular flexibility index (Phi) is 3.58. The summed E-state index contributed by atoms with van der Waals surface area (Å²) in [5.74, 6) is -0.675. The van der Waals surface area contributed by atoms with Gasteiger partial charge in [0.1, 0.15) is 5.75 Å². The second kappa shape index (κ2) is 4.89. The zero-order valence-electron chi connectivity index (χ0n) is 11.2. The van der Waals surface area contributed by atoms with Crippen LogP contribution in [0.1, 0.15) is 25.0 Å². The average Bonchev–Trinajstić information content (AvgIpc) is 2.59. The smallest absolute Gasteiger partial charge is 0.329 e. The number of nitrogens with zero attached hydrogens (tertiary/aromatic N) is 1. The molecule has 0 amide bonds. The van der Waals surface area contributed by atoms with Crippen molar-refractivity contribution in [1.82, 2.24) is 0 Å². The molecule has 0 saturated carbocycles. The molecule has 1 aliphatic rings. The van der Waals surface area contributed by atoms with Crippen LogP contribution in [0.2, 0.25) is 0 Å². The van der Waals surface area contributed by atoms with Gasteiger partial charge in [-0.25, -0.2) is 4.79 Å². The van der Waals surface area contributed by atoms with Crippen molar-refractivity contribution >= 4 is 22.8 Å². The van der Waals surface area contributed by atoms with E-state index >= 15 is 0 Å². The molecule has 0 aliphatic carbocycles. The van der Waals surface area contributed by atoms with Crippen LogP contribution in [0.5, 0.6) is 5.75 Å². The number of carboxylic acids is 1. The fourth-order valence-electron chi connectivity index (χ4n) is 2.14. The van der Waals surface area contributed by atoms with Gasteiger partial charge in [0.15, 0.2) is 6.04 Å². The first-order valence-corrected chi connectivity index (χ1v) is 6.88. The van der Waals surface area contributed by atoms with Gasteiger partial charge in [-0.1, -0.05) is 17.7 Å².